The molecular formula is C16H21NO4S. The fourth-order valence-corrected chi connectivity index (χ4v) is 3.59. The van der Waals surface area contributed by atoms with E-state index in [2.05, 4.69) is 6.92 Å². The highest BCUT2D eigenvalue weighted by molar-refractivity contribution is 8.00. The summed E-state index contributed by atoms with van der Waals surface area (Å²) in [6.45, 7) is 4.75. The largest absolute Gasteiger partial charge is 0.482 e. The van der Waals surface area contributed by atoms with E-state index in [0.29, 0.717) is 18.1 Å². The third-order valence-electron chi connectivity index (χ3n) is 3.27. The minimum atomic E-state index is -0.391. The van der Waals surface area contributed by atoms with Crippen molar-refractivity contribution in [3.8, 4) is 5.75 Å². The molecule has 0 saturated carbocycles. The summed E-state index contributed by atoms with van der Waals surface area (Å²) in [5.74, 6) is 0.871. The second kappa shape index (κ2) is 8.08. The van der Waals surface area contributed by atoms with Crippen molar-refractivity contribution in [3.63, 3.8) is 0 Å². The maximum Gasteiger partial charge on any atom is 0.344 e. The van der Waals surface area contributed by atoms with Crippen molar-refractivity contribution in [2.24, 2.45) is 0 Å². The first-order valence-electron chi connectivity index (χ1n) is 7.45. The highest BCUT2D eigenvalue weighted by Gasteiger charge is 2.33. The van der Waals surface area contributed by atoms with E-state index >= 15 is 0 Å². The molecule has 0 radical (unpaired) electrons. The van der Waals surface area contributed by atoms with Crippen LogP contribution in [-0.2, 0) is 14.3 Å². The Kier molecular flexibility index (Phi) is 6.12. The number of benzene rings is 1. The third kappa shape index (κ3) is 3.94. The van der Waals surface area contributed by atoms with Crippen molar-refractivity contribution >= 4 is 23.6 Å². The van der Waals surface area contributed by atoms with E-state index in [4.69, 9.17) is 9.47 Å². The van der Waals surface area contributed by atoms with E-state index in [1.54, 1.807) is 18.7 Å². The van der Waals surface area contributed by atoms with Gasteiger partial charge < -0.3 is 14.4 Å². The Morgan fingerprint density at radius 2 is 2.14 bits per heavy atom. The average molecular weight is 323 g/mol. The van der Waals surface area contributed by atoms with E-state index in [1.165, 1.54) is 0 Å². The van der Waals surface area contributed by atoms with Gasteiger partial charge in [0, 0.05) is 12.1 Å². The van der Waals surface area contributed by atoms with Gasteiger partial charge in [-0.25, -0.2) is 4.79 Å². The number of para-hydroxylation sites is 1. The van der Waals surface area contributed by atoms with E-state index in [9.17, 15) is 9.59 Å². The van der Waals surface area contributed by atoms with Crippen molar-refractivity contribution in [3.05, 3.63) is 29.8 Å². The summed E-state index contributed by atoms with van der Waals surface area (Å²) in [6, 6.07) is 7.54. The van der Waals surface area contributed by atoms with Crippen molar-refractivity contribution in [2.45, 2.75) is 25.6 Å². The summed E-state index contributed by atoms with van der Waals surface area (Å²) >= 11 is 1.59. The quantitative estimate of drug-likeness (QED) is 0.722. The van der Waals surface area contributed by atoms with Crippen LogP contribution in [0.2, 0.25) is 0 Å². The lowest BCUT2D eigenvalue weighted by Crippen LogP contribution is -2.29. The first-order valence-corrected chi connectivity index (χ1v) is 8.50. The molecule has 1 heterocycles. The van der Waals surface area contributed by atoms with Gasteiger partial charge in [0.25, 0.3) is 0 Å². The molecule has 0 aliphatic carbocycles. The van der Waals surface area contributed by atoms with Crippen LogP contribution in [0.4, 0.5) is 0 Å². The molecule has 0 spiro atoms. The van der Waals surface area contributed by atoms with Gasteiger partial charge in [0.15, 0.2) is 6.61 Å². The summed E-state index contributed by atoms with van der Waals surface area (Å²) < 4.78 is 10.5. The molecule has 5 nitrogen and oxygen atoms in total. The van der Waals surface area contributed by atoms with Gasteiger partial charge in [0.2, 0.25) is 5.91 Å². The first kappa shape index (κ1) is 16.7. The van der Waals surface area contributed by atoms with E-state index in [1.807, 2.05) is 29.2 Å². The minimum absolute atomic E-state index is 0.0501. The molecule has 1 aromatic rings. The molecule has 1 aromatic carbocycles. The zero-order valence-corrected chi connectivity index (χ0v) is 13.7. The minimum Gasteiger partial charge on any atom is -0.482 e. The average Bonchev–Trinajstić information content (AvgIpc) is 2.87. The Morgan fingerprint density at radius 1 is 1.36 bits per heavy atom. The Morgan fingerprint density at radius 3 is 2.86 bits per heavy atom. The summed E-state index contributed by atoms with van der Waals surface area (Å²) in [4.78, 5) is 25.3. The second-order valence-corrected chi connectivity index (χ2v) is 5.95. The number of nitrogens with zero attached hydrogens (tertiary/aromatic N) is 1. The van der Waals surface area contributed by atoms with Gasteiger partial charge in [-0.15, -0.1) is 11.8 Å². The Labute approximate surface area is 135 Å². The summed E-state index contributed by atoms with van der Waals surface area (Å²) in [5.41, 5.74) is 0.927. The van der Waals surface area contributed by atoms with Gasteiger partial charge in [0.1, 0.15) is 11.1 Å². The summed E-state index contributed by atoms with van der Waals surface area (Å²) in [5, 5.41) is -0.0501. The van der Waals surface area contributed by atoms with Gasteiger partial charge in [0.05, 0.1) is 12.4 Å². The Bertz CT molecular complexity index is 535. The maximum absolute atomic E-state index is 12.0. The Balaban J connectivity index is 2.13. The van der Waals surface area contributed by atoms with Crippen molar-refractivity contribution < 1.29 is 19.1 Å². The normalized spacial score (nSPS) is 17.6. The number of amides is 1. The lowest BCUT2D eigenvalue weighted by molar-refractivity contribution is -0.145. The summed E-state index contributed by atoms with van der Waals surface area (Å²) in [7, 11) is 0. The molecular weight excluding hydrogens is 302 g/mol. The molecule has 1 saturated heterocycles. The molecule has 1 aliphatic heterocycles. The third-order valence-corrected chi connectivity index (χ3v) is 4.51. The fraction of sp³-hybridized carbons (Fsp3) is 0.500. The second-order valence-electron chi connectivity index (χ2n) is 4.88. The lowest BCUT2D eigenvalue weighted by atomic mass is 10.1. The van der Waals surface area contributed by atoms with Crippen LogP contribution in [0, 0.1) is 0 Å². The van der Waals surface area contributed by atoms with Gasteiger partial charge in [-0.1, -0.05) is 25.1 Å². The van der Waals surface area contributed by atoms with Crippen LogP contribution >= 0.6 is 11.8 Å². The molecule has 120 valence electrons. The Hall–Kier alpha value is -1.69. The number of ether oxygens (including phenoxy) is 2. The molecule has 1 atom stereocenters. The van der Waals surface area contributed by atoms with E-state index in [0.717, 1.165) is 18.5 Å². The molecule has 1 amide bonds. The van der Waals surface area contributed by atoms with Crippen LogP contribution in [0.1, 0.15) is 31.2 Å². The van der Waals surface area contributed by atoms with E-state index in [-0.39, 0.29) is 17.9 Å². The molecule has 1 aliphatic rings. The van der Waals surface area contributed by atoms with Gasteiger partial charge in [-0.3, -0.25) is 4.79 Å². The van der Waals surface area contributed by atoms with Gasteiger partial charge in [-0.2, -0.15) is 0 Å². The fourth-order valence-electron chi connectivity index (χ4n) is 2.35. The zero-order valence-electron chi connectivity index (χ0n) is 12.9. The topological polar surface area (TPSA) is 55.8 Å². The lowest BCUT2D eigenvalue weighted by Gasteiger charge is -2.25. The van der Waals surface area contributed by atoms with Crippen molar-refractivity contribution in [2.75, 3.05) is 25.5 Å². The molecule has 6 heteroatoms. The number of rotatable bonds is 7. The van der Waals surface area contributed by atoms with Gasteiger partial charge in [-0.05, 0) is 19.4 Å². The summed E-state index contributed by atoms with van der Waals surface area (Å²) in [6.07, 6.45) is 0.911. The van der Waals surface area contributed by atoms with Crippen molar-refractivity contribution in [1.82, 2.24) is 4.90 Å². The molecule has 0 N–H and O–H groups in total. The van der Waals surface area contributed by atoms with Crippen LogP contribution in [0.25, 0.3) is 0 Å². The smallest absolute Gasteiger partial charge is 0.344 e. The number of thioether (sulfide) groups is 1. The maximum atomic E-state index is 12.0. The SMILES string of the molecule is CCCN1C(=O)CSC1c1ccccc1OCC(=O)OCC. The standard InChI is InChI=1S/C16H21NO4S/c1-3-9-17-14(18)11-22-16(17)12-7-5-6-8-13(12)21-10-15(19)20-4-2/h5-8,16H,3-4,9-11H2,1-2H3. The number of carbonyl (C=O) groups is 2. The van der Waals surface area contributed by atoms with Crippen LogP contribution in [-0.4, -0.2) is 42.3 Å². The number of hydrogen-bond donors (Lipinski definition) is 0. The van der Waals surface area contributed by atoms with Gasteiger partial charge >= 0.3 is 5.97 Å². The molecule has 0 aromatic heterocycles. The van der Waals surface area contributed by atoms with Crippen LogP contribution < -0.4 is 4.74 Å². The predicted octanol–water partition coefficient (Wildman–Crippen LogP) is 2.61. The van der Waals surface area contributed by atoms with E-state index < -0.39 is 5.97 Å². The zero-order chi connectivity index (χ0) is 15.9. The monoisotopic (exact) mass is 323 g/mol. The van der Waals surface area contributed by atoms with Crippen LogP contribution in [0.5, 0.6) is 5.75 Å². The number of carbonyl (C=O) groups excluding carboxylic acids is 2. The van der Waals surface area contributed by atoms with Crippen LogP contribution in [0.15, 0.2) is 24.3 Å². The molecule has 1 unspecified atom stereocenters. The number of esters is 1. The molecule has 0 bridgehead atoms. The predicted molar refractivity (Wildman–Crippen MR) is 85.8 cm³/mol. The van der Waals surface area contributed by atoms with Crippen LogP contribution in [0.3, 0.4) is 0 Å². The number of hydrogen-bond acceptors (Lipinski definition) is 5. The molecule has 1 fully saturated rings. The van der Waals surface area contributed by atoms with Crippen molar-refractivity contribution in [1.29, 1.82) is 0 Å². The highest BCUT2D eigenvalue weighted by atomic mass is 32.2. The highest BCUT2D eigenvalue weighted by Crippen LogP contribution is 2.42. The molecule has 22 heavy (non-hydrogen) atoms. The molecule has 2 rings (SSSR count). The first-order chi connectivity index (χ1) is 10.7.